The van der Waals surface area contributed by atoms with Crippen molar-refractivity contribution in [3.63, 3.8) is 0 Å². The summed E-state index contributed by atoms with van der Waals surface area (Å²) in [5.41, 5.74) is 3.87. The molecule has 124 valence electrons. The van der Waals surface area contributed by atoms with Crippen molar-refractivity contribution in [2.45, 2.75) is 26.8 Å². The molecule has 0 bridgehead atoms. The van der Waals surface area contributed by atoms with Crippen molar-refractivity contribution in [1.82, 2.24) is 4.57 Å². The number of methoxy groups -OCH3 is 2. The van der Waals surface area contributed by atoms with Crippen molar-refractivity contribution in [2.75, 3.05) is 20.8 Å². The number of carboxylic acids is 1. The van der Waals surface area contributed by atoms with Crippen LogP contribution < -0.4 is 4.74 Å². The number of hydrogen-bond acceptors (Lipinski definition) is 3. The molecule has 0 unspecified atom stereocenters. The molecule has 0 saturated carbocycles. The molecule has 2 rings (SSSR count). The van der Waals surface area contributed by atoms with Gasteiger partial charge in [0.05, 0.1) is 18.4 Å². The Bertz CT molecular complexity index is 686. The summed E-state index contributed by atoms with van der Waals surface area (Å²) in [4.78, 5) is 11.6. The Kier molecular flexibility index (Phi) is 5.45. The van der Waals surface area contributed by atoms with Gasteiger partial charge >= 0.3 is 5.97 Å². The van der Waals surface area contributed by atoms with Crippen LogP contribution in [0.2, 0.25) is 0 Å². The van der Waals surface area contributed by atoms with Crippen LogP contribution in [0.3, 0.4) is 0 Å². The highest BCUT2D eigenvalue weighted by molar-refractivity contribution is 5.93. The molecule has 0 amide bonds. The van der Waals surface area contributed by atoms with E-state index in [0.717, 1.165) is 41.2 Å². The minimum absolute atomic E-state index is 0.383. The van der Waals surface area contributed by atoms with Gasteiger partial charge in [-0.15, -0.1) is 0 Å². The fourth-order valence-corrected chi connectivity index (χ4v) is 2.98. The van der Waals surface area contributed by atoms with Crippen molar-refractivity contribution in [1.29, 1.82) is 0 Å². The molecule has 0 spiro atoms. The highest BCUT2D eigenvalue weighted by Gasteiger charge is 2.22. The van der Waals surface area contributed by atoms with Crippen LogP contribution in [0, 0.1) is 13.8 Å². The predicted octanol–water partition coefficient (Wildman–Crippen LogP) is 3.52. The smallest absolute Gasteiger partial charge is 0.337 e. The molecule has 1 N–H and O–H groups in total. The van der Waals surface area contributed by atoms with Gasteiger partial charge in [0.1, 0.15) is 5.75 Å². The van der Waals surface area contributed by atoms with Crippen molar-refractivity contribution in [3.05, 3.63) is 41.1 Å². The predicted molar refractivity (Wildman–Crippen MR) is 89.3 cm³/mol. The summed E-state index contributed by atoms with van der Waals surface area (Å²) in [5, 5.41) is 9.53. The lowest BCUT2D eigenvalue weighted by atomic mass is 10.1. The quantitative estimate of drug-likeness (QED) is 0.794. The average molecular weight is 317 g/mol. The van der Waals surface area contributed by atoms with E-state index in [9.17, 15) is 9.90 Å². The van der Waals surface area contributed by atoms with E-state index >= 15 is 0 Å². The van der Waals surface area contributed by atoms with Gasteiger partial charge in [-0.3, -0.25) is 0 Å². The van der Waals surface area contributed by atoms with Crippen molar-refractivity contribution >= 4 is 5.97 Å². The van der Waals surface area contributed by atoms with Crippen LogP contribution in [-0.2, 0) is 11.3 Å². The summed E-state index contributed by atoms with van der Waals surface area (Å²) in [6, 6.07) is 7.69. The first-order valence-electron chi connectivity index (χ1n) is 7.57. The van der Waals surface area contributed by atoms with Gasteiger partial charge in [-0.05, 0) is 55.7 Å². The van der Waals surface area contributed by atoms with Crippen molar-refractivity contribution < 1.29 is 19.4 Å². The molecule has 23 heavy (non-hydrogen) atoms. The van der Waals surface area contributed by atoms with Gasteiger partial charge in [0.2, 0.25) is 0 Å². The molecule has 2 aromatic rings. The zero-order valence-electron chi connectivity index (χ0n) is 14.0. The second-order valence-electron chi connectivity index (χ2n) is 5.47. The maximum atomic E-state index is 11.6. The summed E-state index contributed by atoms with van der Waals surface area (Å²) in [6.45, 7) is 5.08. The van der Waals surface area contributed by atoms with E-state index in [-0.39, 0.29) is 0 Å². The normalized spacial score (nSPS) is 10.8. The molecule has 1 aromatic heterocycles. The average Bonchev–Trinajstić information content (AvgIpc) is 2.78. The van der Waals surface area contributed by atoms with Gasteiger partial charge in [0.15, 0.2) is 0 Å². The third kappa shape index (κ3) is 3.40. The number of carboxylic acid groups (broad SMARTS) is 1. The first-order chi connectivity index (χ1) is 11.0. The molecule has 0 atom stereocenters. The van der Waals surface area contributed by atoms with Crippen LogP contribution in [-0.4, -0.2) is 36.5 Å². The standard InChI is InChI=1S/C18H23NO4/c1-12-16(18(20)21)13(2)19(10-5-11-22-3)17(12)14-6-8-15(23-4)9-7-14/h6-9H,5,10-11H2,1-4H3,(H,20,21). The van der Waals surface area contributed by atoms with E-state index in [2.05, 4.69) is 4.57 Å². The highest BCUT2D eigenvalue weighted by Crippen LogP contribution is 2.32. The maximum Gasteiger partial charge on any atom is 0.337 e. The van der Waals surface area contributed by atoms with Gasteiger partial charge in [0.25, 0.3) is 0 Å². The number of ether oxygens (including phenoxy) is 2. The minimum atomic E-state index is -0.889. The van der Waals surface area contributed by atoms with Crippen LogP contribution in [0.25, 0.3) is 11.3 Å². The molecule has 5 heteroatoms. The zero-order chi connectivity index (χ0) is 17.0. The van der Waals surface area contributed by atoms with E-state index in [1.54, 1.807) is 14.2 Å². The second kappa shape index (κ2) is 7.33. The third-order valence-corrected chi connectivity index (χ3v) is 4.07. The molecule has 0 saturated heterocycles. The first-order valence-corrected chi connectivity index (χ1v) is 7.57. The lowest BCUT2D eigenvalue weighted by Crippen LogP contribution is -2.06. The number of aromatic carboxylic acids is 1. The van der Waals surface area contributed by atoms with Crippen LogP contribution >= 0.6 is 0 Å². The molecule has 0 aliphatic rings. The van der Waals surface area contributed by atoms with Gasteiger partial charge < -0.3 is 19.1 Å². The second-order valence-corrected chi connectivity index (χ2v) is 5.47. The Morgan fingerprint density at radius 2 is 1.83 bits per heavy atom. The molecule has 5 nitrogen and oxygen atoms in total. The number of carbonyl (C=O) groups is 1. The minimum Gasteiger partial charge on any atom is -0.497 e. The Morgan fingerprint density at radius 3 is 2.35 bits per heavy atom. The fourth-order valence-electron chi connectivity index (χ4n) is 2.98. The van der Waals surface area contributed by atoms with Gasteiger partial charge in [-0.1, -0.05) is 0 Å². The Labute approximate surface area is 136 Å². The number of nitrogens with zero attached hydrogens (tertiary/aromatic N) is 1. The van der Waals surface area contributed by atoms with E-state index in [0.29, 0.717) is 12.2 Å². The van der Waals surface area contributed by atoms with Crippen LogP contribution in [0.5, 0.6) is 5.75 Å². The van der Waals surface area contributed by atoms with Crippen LogP contribution in [0.1, 0.15) is 28.0 Å². The SMILES string of the molecule is COCCCn1c(C)c(C(=O)O)c(C)c1-c1ccc(OC)cc1. The summed E-state index contributed by atoms with van der Waals surface area (Å²) < 4.78 is 12.4. The molecule has 1 heterocycles. The Morgan fingerprint density at radius 1 is 1.17 bits per heavy atom. The fraction of sp³-hybridized carbons (Fsp3) is 0.389. The summed E-state index contributed by atoms with van der Waals surface area (Å²) in [7, 11) is 3.29. The maximum absolute atomic E-state index is 11.6. The molecular formula is C18H23NO4. The van der Waals surface area contributed by atoms with Gasteiger partial charge in [0, 0.05) is 26.0 Å². The topological polar surface area (TPSA) is 60.7 Å². The Balaban J connectivity index is 2.54. The van der Waals surface area contributed by atoms with Crippen LogP contribution in [0.15, 0.2) is 24.3 Å². The number of hydrogen-bond donors (Lipinski definition) is 1. The Hall–Kier alpha value is -2.27. The lowest BCUT2D eigenvalue weighted by Gasteiger charge is -2.13. The monoisotopic (exact) mass is 317 g/mol. The third-order valence-electron chi connectivity index (χ3n) is 4.07. The summed E-state index contributed by atoms with van der Waals surface area (Å²) in [5.74, 6) is -0.112. The number of rotatable bonds is 7. The summed E-state index contributed by atoms with van der Waals surface area (Å²) in [6.07, 6.45) is 0.827. The lowest BCUT2D eigenvalue weighted by molar-refractivity contribution is 0.0695. The van der Waals surface area contributed by atoms with E-state index in [4.69, 9.17) is 9.47 Å². The van der Waals surface area contributed by atoms with E-state index in [1.807, 2.05) is 38.1 Å². The van der Waals surface area contributed by atoms with E-state index < -0.39 is 5.97 Å². The van der Waals surface area contributed by atoms with Crippen molar-refractivity contribution in [2.24, 2.45) is 0 Å². The molecule has 0 radical (unpaired) electrons. The van der Waals surface area contributed by atoms with Crippen molar-refractivity contribution in [3.8, 4) is 17.0 Å². The number of aromatic nitrogens is 1. The van der Waals surface area contributed by atoms with Gasteiger partial charge in [-0.2, -0.15) is 0 Å². The molecule has 0 aliphatic carbocycles. The highest BCUT2D eigenvalue weighted by atomic mass is 16.5. The first kappa shape index (κ1) is 17.1. The summed E-state index contributed by atoms with van der Waals surface area (Å²) >= 11 is 0. The molecule has 1 aromatic carbocycles. The van der Waals surface area contributed by atoms with E-state index in [1.165, 1.54) is 0 Å². The largest absolute Gasteiger partial charge is 0.497 e. The molecular weight excluding hydrogens is 294 g/mol. The zero-order valence-corrected chi connectivity index (χ0v) is 14.0. The van der Waals surface area contributed by atoms with Crippen LogP contribution in [0.4, 0.5) is 0 Å². The number of benzene rings is 1. The van der Waals surface area contributed by atoms with Gasteiger partial charge in [-0.25, -0.2) is 4.79 Å². The molecule has 0 fully saturated rings. The molecule has 0 aliphatic heterocycles.